The number of halogens is 1. The molecule has 1 aromatic carbocycles. The minimum atomic E-state index is -0.369. The molecule has 1 atom stereocenters. The van der Waals surface area contributed by atoms with E-state index < -0.39 is 0 Å². The van der Waals surface area contributed by atoms with Crippen LogP contribution in [0.1, 0.15) is 20.8 Å². The molecule has 0 fully saturated rings. The van der Waals surface area contributed by atoms with Crippen LogP contribution in [0, 0.1) is 11.7 Å². The summed E-state index contributed by atoms with van der Waals surface area (Å²) in [7, 11) is 0. The van der Waals surface area contributed by atoms with Crippen LogP contribution < -0.4 is 11.1 Å². The summed E-state index contributed by atoms with van der Waals surface area (Å²) >= 11 is 0. The molecular formula is C11H17FN2. The molecule has 78 valence electrons. The molecule has 1 rings (SSSR count). The third kappa shape index (κ3) is 2.37. The van der Waals surface area contributed by atoms with Crippen LogP contribution in [-0.4, -0.2) is 6.04 Å². The van der Waals surface area contributed by atoms with E-state index in [1.54, 1.807) is 12.1 Å². The van der Waals surface area contributed by atoms with Crippen LogP contribution in [0.3, 0.4) is 0 Å². The molecule has 1 aromatic rings. The molecule has 0 amide bonds. The van der Waals surface area contributed by atoms with E-state index in [9.17, 15) is 4.39 Å². The second-order valence-electron chi connectivity index (χ2n) is 3.88. The first-order valence-corrected chi connectivity index (χ1v) is 4.83. The van der Waals surface area contributed by atoms with Crippen molar-refractivity contribution in [2.24, 2.45) is 5.92 Å². The summed E-state index contributed by atoms with van der Waals surface area (Å²) in [5.41, 5.74) is 6.46. The number of para-hydroxylation sites is 1. The molecule has 0 heterocycles. The first-order valence-electron chi connectivity index (χ1n) is 4.83. The van der Waals surface area contributed by atoms with Crippen LogP contribution in [0.4, 0.5) is 15.8 Å². The third-order valence-corrected chi connectivity index (χ3v) is 2.44. The zero-order valence-electron chi connectivity index (χ0n) is 8.84. The van der Waals surface area contributed by atoms with Gasteiger partial charge in [0.2, 0.25) is 0 Å². The Morgan fingerprint density at radius 2 is 1.93 bits per heavy atom. The van der Waals surface area contributed by atoms with Gasteiger partial charge in [-0.2, -0.15) is 0 Å². The average molecular weight is 196 g/mol. The van der Waals surface area contributed by atoms with E-state index >= 15 is 0 Å². The zero-order chi connectivity index (χ0) is 10.7. The van der Waals surface area contributed by atoms with Crippen molar-refractivity contribution < 1.29 is 4.39 Å². The molecule has 0 saturated carbocycles. The molecule has 2 nitrogen and oxygen atoms in total. The van der Waals surface area contributed by atoms with E-state index in [0.29, 0.717) is 11.6 Å². The molecule has 1 unspecified atom stereocenters. The summed E-state index contributed by atoms with van der Waals surface area (Å²) in [6.07, 6.45) is 0. The number of rotatable bonds is 3. The SMILES string of the molecule is CC(C)C(C)Nc1cccc(F)c1N. The van der Waals surface area contributed by atoms with Crippen LogP contribution in [-0.2, 0) is 0 Å². The smallest absolute Gasteiger partial charge is 0.148 e. The van der Waals surface area contributed by atoms with Gasteiger partial charge in [0.15, 0.2) is 0 Å². The van der Waals surface area contributed by atoms with E-state index in [1.165, 1.54) is 6.07 Å². The molecule has 0 radical (unpaired) electrons. The molecule has 0 aromatic heterocycles. The van der Waals surface area contributed by atoms with E-state index in [1.807, 2.05) is 0 Å². The number of nitrogen functional groups attached to an aromatic ring is 1. The van der Waals surface area contributed by atoms with Crippen molar-refractivity contribution in [1.82, 2.24) is 0 Å². The highest BCUT2D eigenvalue weighted by Gasteiger charge is 2.09. The Bertz CT molecular complexity index is 310. The van der Waals surface area contributed by atoms with Crippen LogP contribution in [0.15, 0.2) is 18.2 Å². The van der Waals surface area contributed by atoms with Crippen LogP contribution in [0.25, 0.3) is 0 Å². The standard InChI is InChI=1S/C11H17FN2/c1-7(2)8(3)14-10-6-4-5-9(12)11(10)13/h4-8,14H,13H2,1-3H3. The second-order valence-corrected chi connectivity index (χ2v) is 3.88. The van der Waals surface area contributed by atoms with Crippen molar-refractivity contribution >= 4 is 11.4 Å². The number of nitrogens with one attached hydrogen (secondary N) is 1. The zero-order valence-corrected chi connectivity index (χ0v) is 8.84. The van der Waals surface area contributed by atoms with Crippen molar-refractivity contribution in [3.8, 4) is 0 Å². The second kappa shape index (κ2) is 4.31. The van der Waals surface area contributed by atoms with Gasteiger partial charge in [-0.1, -0.05) is 19.9 Å². The molecule has 3 heteroatoms. The Balaban J connectivity index is 2.82. The lowest BCUT2D eigenvalue weighted by Crippen LogP contribution is -2.22. The Hall–Kier alpha value is -1.25. The first kappa shape index (κ1) is 10.8. The van der Waals surface area contributed by atoms with Gasteiger partial charge in [-0.15, -0.1) is 0 Å². The molecule has 14 heavy (non-hydrogen) atoms. The maximum atomic E-state index is 13.1. The van der Waals surface area contributed by atoms with Crippen molar-refractivity contribution in [2.45, 2.75) is 26.8 Å². The van der Waals surface area contributed by atoms with E-state index in [4.69, 9.17) is 5.73 Å². The van der Waals surface area contributed by atoms with Gasteiger partial charge >= 0.3 is 0 Å². The van der Waals surface area contributed by atoms with Gasteiger partial charge in [-0.25, -0.2) is 4.39 Å². The lowest BCUT2D eigenvalue weighted by Gasteiger charge is -2.20. The average Bonchev–Trinajstić information content (AvgIpc) is 2.12. The minimum Gasteiger partial charge on any atom is -0.395 e. The predicted molar refractivity (Wildman–Crippen MR) is 58.7 cm³/mol. The quantitative estimate of drug-likeness (QED) is 0.729. The first-order chi connectivity index (χ1) is 6.52. The highest BCUT2D eigenvalue weighted by Crippen LogP contribution is 2.22. The monoisotopic (exact) mass is 196 g/mol. The number of benzene rings is 1. The Kier molecular flexibility index (Phi) is 3.33. The Labute approximate surface area is 84.3 Å². The summed E-state index contributed by atoms with van der Waals surface area (Å²) in [5, 5.41) is 3.19. The predicted octanol–water partition coefficient (Wildman–Crippen LogP) is 2.86. The molecule has 0 aliphatic heterocycles. The number of anilines is 2. The molecule has 3 N–H and O–H groups in total. The van der Waals surface area contributed by atoms with Gasteiger partial charge in [-0.05, 0) is 25.0 Å². The third-order valence-electron chi connectivity index (χ3n) is 2.44. The fourth-order valence-electron chi connectivity index (χ4n) is 1.07. The minimum absolute atomic E-state index is 0.194. The lowest BCUT2D eigenvalue weighted by molar-refractivity contribution is 0.559. The summed E-state index contributed by atoms with van der Waals surface area (Å²) < 4.78 is 13.1. The van der Waals surface area contributed by atoms with Gasteiger partial charge in [-0.3, -0.25) is 0 Å². The summed E-state index contributed by atoms with van der Waals surface area (Å²) in [4.78, 5) is 0. The maximum absolute atomic E-state index is 13.1. The van der Waals surface area contributed by atoms with E-state index in [-0.39, 0.29) is 17.5 Å². The van der Waals surface area contributed by atoms with Crippen molar-refractivity contribution in [1.29, 1.82) is 0 Å². The molecule has 0 saturated heterocycles. The van der Waals surface area contributed by atoms with Crippen LogP contribution >= 0.6 is 0 Å². The molecule has 0 aliphatic rings. The molecule has 0 bridgehead atoms. The topological polar surface area (TPSA) is 38.0 Å². The van der Waals surface area contributed by atoms with Crippen molar-refractivity contribution in [3.05, 3.63) is 24.0 Å². The van der Waals surface area contributed by atoms with Gasteiger partial charge in [0, 0.05) is 6.04 Å². The van der Waals surface area contributed by atoms with Crippen molar-refractivity contribution in [2.75, 3.05) is 11.1 Å². The lowest BCUT2D eigenvalue weighted by atomic mass is 10.1. The molecule has 0 aliphatic carbocycles. The van der Waals surface area contributed by atoms with Crippen LogP contribution in [0.5, 0.6) is 0 Å². The van der Waals surface area contributed by atoms with Crippen LogP contribution in [0.2, 0.25) is 0 Å². The summed E-state index contributed by atoms with van der Waals surface area (Å²) in [6, 6.07) is 5.08. The highest BCUT2D eigenvalue weighted by atomic mass is 19.1. The summed E-state index contributed by atoms with van der Waals surface area (Å²) in [5.74, 6) is 0.114. The molecular weight excluding hydrogens is 179 g/mol. The van der Waals surface area contributed by atoms with Gasteiger partial charge < -0.3 is 11.1 Å². The fourth-order valence-corrected chi connectivity index (χ4v) is 1.07. The van der Waals surface area contributed by atoms with E-state index in [2.05, 4.69) is 26.1 Å². The van der Waals surface area contributed by atoms with E-state index in [0.717, 1.165) is 0 Å². The Morgan fingerprint density at radius 1 is 1.29 bits per heavy atom. The number of hydrogen-bond acceptors (Lipinski definition) is 2. The summed E-state index contributed by atoms with van der Waals surface area (Å²) in [6.45, 7) is 6.26. The largest absolute Gasteiger partial charge is 0.395 e. The Morgan fingerprint density at radius 3 is 2.50 bits per heavy atom. The number of nitrogens with two attached hydrogens (primary N) is 1. The normalized spacial score (nSPS) is 12.9. The maximum Gasteiger partial charge on any atom is 0.148 e. The van der Waals surface area contributed by atoms with Crippen molar-refractivity contribution in [3.63, 3.8) is 0 Å². The van der Waals surface area contributed by atoms with Gasteiger partial charge in [0.05, 0.1) is 11.4 Å². The van der Waals surface area contributed by atoms with Gasteiger partial charge in [0.1, 0.15) is 5.82 Å². The fraction of sp³-hybridized carbons (Fsp3) is 0.455. The number of hydrogen-bond donors (Lipinski definition) is 2. The molecule has 0 spiro atoms. The highest BCUT2D eigenvalue weighted by molar-refractivity contribution is 5.66. The van der Waals surface area contributed by atoms with Gasteiger partial charge in [0.25, 0.3) is 0 Å².